The van der Waals surface area contributed by atoms with Gasteiger partial charge in [0.1, 0.15) is 6.61 Å². The summed E-state index contributed by atoms with van der Waals surface area (Å²) in [5, 5.41) is 35.5. The van der Waals surface area contributed by atoms with E-state index < -0.39 is 42.5 Å². The van der Waals surface area contributed by atoms with E-state index in [0.717, 1.165) is 54.8 Å². The van der Waals surface area contributed by atoms with Gasteiger partial charge >= 0.3 is 36.4 Å². The molecule has 2 aromatic carbocycles. The summed E-state index contributed by atoms with van der Waals surface area (Å²) in [6.45, 7) is 5.67. The van der Waals surface area contributed by atoms with Crippen LogP contribution in [0.2, 0.25) is 0 Å². The minimum Gasteiger partial charge on any atom is -0.485 e. The standard InChI is InChI=1S/C27H28N6O3.3C2HF3O2/c34-27(29-9-12-33-10-7-28-8-11-33)21-14-23(26-17-35-24-3-1-2-4-25(24)36-26)32-22-6-5-18(13-20(21)22)19-15-30-31-16-19;3*3-2(4,5)1(6)7/h1-6,13-16,26,28H,7-12,17H2,(H,29,34)(H,30,31);3*(H,6,7). The Kier molecular flexibility index (Phi) is 15.6. The highest BCUT2D eigenvalue weighted by atomic mass is 19.4. The lowest BCUT2D eigenvalue weighted by molar-refractivity contribution is -0.193. The third-order valence-corrected chi connectivity index (χ3v) is 7.39. The fourth-order valence-electron chi connectivity index (χ4n) is 4.71. The van der Waals surface area contributed by atoms with Gasteiger partial charge < -0.3 is 35.4 Å². The summed E-state index contributed by atoms with van der Waals surface area (Å²) in [6, 6.07) is 15.3. The summed E-state index contributed by atoms with van der Waals surface area (Å²) in [4.78, 5) is 47.4. The Morgan fingerprint density at radius 3 is 1.89 bits per heavy atom. The number of hydrogen-bond acceptors (Lipinski definition) is 10. The number of amides is 1. The molecule has 0 aliphatic carbocycles. The van der Waals surface area contributed by atoms with Gasteiger partial charge in [-0.15, -0.1) is 0 Å². The summed E-state index contributed by atoms with van der Waals surface area (Å²) in [7, 11) is 0. The van der Waals surface area contributed by atoms with Crippen molar-refractivity contribution in [1.82, 2.24) is 30.7 Å². The zero-order chi connectivity index (χ0) is 42.6. The summed E-state index contributed by atoms with van der Waals surface area (Å²) in [5.41, 5.74) is 3.89. The lowest BCUT2D eigenvalue weighted by Crippen LogP contribution is -2.46. The number of pyridine rings is 1. The number of benzene rings is 2. The number of hydrogen-bond donors (Lipinski definition) is 6. The second-order valence-corrected chi connectivity index (χ2v) is 11.4. The first-order chi connectivity index (χ1) is 26.6. The molecule has 6 N–H and O–H groups in total. The highest BCUT2D eigenvalue weighted by Gasteiger charge is 2.39. The molecule has 24 heteroatoms. The number of H-pyrrole nitrogens is 1. The van der Waals surface area contributed by atoms with Crippen molar-refractivity contribution >= 4 is 34.7 Å². The number of fused-ring (bicyclic) bond motifs is 2. The largest absolute Gasteiger partial charge is 0.490 e. The SMILES string of the molecule is O=C(NCCN1CCNCC1)c1cc(C2COc3ccccc3O2)nc2ccc(-c3cn[nH]c3)cc12.O=C(O)C(F)(F)F.O=C(O)C(F)(F)F.O=C(O)C(F)(F)F. The second kappa shape index (κ2) is 19.6. The normalized spacial score (nSPS) is 15.4. The van der Waals surface area contributed by atoms with Gasteiger partial charge in [-0.05, 0) is 35.9 Å². The van der Waals surface area contributed by atoms with Crippen LogP contribution in [0.5, 0.6) is 11.5 Å². The summed E-state index contributed by atoms with van der Waals surface area (Å²) in [5.74, 6) is -7.01. The zero-order valence-electron chi connectivity index (χ0n) is 28.8. The number of ether oxygens (including phenoxy) is 2. The first-order valence-electron chi connectivity index (χ1n) is 16.0. The number of para-hydroxylation sites is 2. The van der Waals surface area contributed by atoms with Gasteiger partial charge in [0.25, 0.3) is 5.91 Å². The monoisotopic (exact) mass is 826 g/mol. The molecule has 1 fully saturated rings. The number of piperazine rings is 1. The number of carbonyl (C=O) groups excluding carboxylic acids is 1. The summed E-state index contributed by atoms with van der Waals surface area (Å²) >= 11 is 0. The Bertz CT molecular complexity index is 1930. The predicted octanol–water partition coefficient (Wildman–Crippen LogP) is 4.67. The van der Waals surface area contributed by atoms with Crippen LogP contribution in [0, 0.1) is 0 Å². The quantitative estimate of drug-likeness (QED) is 0.146. The van der Waals surface area contributed by atoms with Crippen LogP contribution in [0.1, 0.15) is 22.2 Å². The molecule has 310 valence electrons. The number of aromatic amines is 1. The van der Waals surface area contributed by atoms with E-state index in [1.54, 1.807) is 6.20 Å². The van der Waals surface area contributed by atoms with Crippen LogP contribution in [0.4, 0.5) is 39.5 Å². The number of aromatic nitrogens is 3. The number of carboxylic acids is 3. The number of nitrogens with zero attached hydrogens (tertiary/aromatic N) is 3. The lowest BCUT2D eigenvalue weighted by Gasteiger charge is -2.27. The topological polar surface area (TPSA) is 216 Å². The lowest BCUT2D eigenvalue weighted by atomic mass is 10.0. The minimum atomic E-state index is -5.08. The summed E-state index contributed by atoms with van der Waals surface area (Å²) < 4.78 is 107. The number of halogens is 9. The smallest absolute Gasteiger partial charge is 0.485 e. The maximum atomic E-state index is 13.5. The molecule has 4 aromatic rings. The van der Waals surface area contributed by atoms with Gasteiger partial charge in [-0.2, -0.15) is 44.6 Å². The molecule has 1 unspecified atom stereocenters. The molecule has 0 bridgehead atoms. The van der Waals surface area contributed by atoms with Crippen molar-refractivity contribution in [3.05, 3.63) is 72.2 Å². The Hall–Kier alpha value is -6.17. The number of aliphatic carboxylic acids is 3. The molecule has 15 nitrogen and oxygen atoms in total. The number of alkyl halides is 9. The number of rotatable bonds is 6. The average Bonchev–Trinajstić information content (AvgIpc) is 3.69. The van der Waals surface area contributed by atoms with Gasteiger partial charge in [-0.25, -0.2) is 19.4 Å². The second-order valence-electron chi connectivity index (χ2n) is 11.4. The summed E-state index contributed by atoms with van der Waals surface area (Å²) in [6.07, 6.45) is -12.1. The fourth-order valence-corrected chi connectivity index (χ4v) is 4.71. The number of nitrogens with one attached hydrogen (secondary N) is 3. The number of carboxylic acid groups (broad SMARTS) is 3. The first kappa shape index (κ1) is 45.2. The molecule has 57 heavy (non-hydrogen) atoms. The van der Waals surface area contributed by atoms with E-state index in [1.165, 1.54) is 0 Å². The van der Waals surface area contributed by atoms with Gasteiger partial charge in [0.15, 0.2) is 17.6 Å². The molecular formula is C33H31F9N6O9. The molecule has 1 amide bonds. The Balaban J connectivity index is 0.000000341. The van der Waals surface area contributed by atoms with Crippen LogP contribution >= 0.6 is 0 Å². The molecule has 0 saturated carbocycles. The van der Waals surface area contributed by atoms with Crippen molar-refractivity contribution in [2.45, 2.75) is 24.6 Å². The maximum Gasteiger partial charge on any atom is 0.490 e. The van der Waals surface area contributed by atoms with Crippen LogP contribution in [-0.2, 0) is 14.4 Å². The van der Waals surface area contributed by atoms with Gasteiger partial charge in [0, 0.05) is 56.4 Å². The van der Waals surface area contributed by atoms with E-state index in [2.05, 4.69) is 25.7 Å². The van der Waals surface area contributed by atoms with Gasteiger partial charge in [-0.1, -0.05) is 18.2 Å². The van der Waals surface area contributed by atoms with Crippen molar-refractivity contribution in [2.75, 3.05) is 45.9 Å². The van der Waals surface area contributed by atoms with Crippen molar-refractivity contribution in [3.8, 4) is 22.6 Å². The van der Waals surface area contributed by atoms with Gasteiger partial charge in [-0.3, -0.25) is 14.8 Å². The highest BCUT2D eigenvalue weighted by molar-refractivity contribution is 6.07. The molecule has 6 rings (SSSR count). The molecular weight excluding hydrogens is 795 g/mol. The fraction of sp³-hybridized carbons (Fsp3) is 0.333. The average molecular weight is 827 g/mol. The van der Waals surface area contributed by atoms with Gasteiger partial charge in [0.05, 0.1) is 23.0 Å². The van der Waals surface area contributed by atoms with Crippen LogP contribution in [-0.4, -0.2) is 124 Å². The van der Waals surface area contributed by atoms with Crippen LogP contribution in [0.25, 0.3) is 22.0 Å². The molecule has 4 heterocycles. The van der Waals surface area contributed by atoms with E-state index >= 15 is 0 Å². The zero-order valence-corrected chi connectivity index (χ0v) is 28.8. The Labute approximate surface area is 314 Å². The molecule has 0 spiro atoms. The predicted molar refractivity (Wildman–Crippen MR) is 177 cm³/mol. The molecule has 2 aliphatic heterocycles. The van der Waals surface area contributed by atoms with E-state index in [1.807, 2.05) is 54.7 Å². The van der Waals surface area contributed by atoms with E-state index in [0.29, 0.717) is 35.9 Å². The maximum absolute atomic E-state index is 13.5. The molecule has 1 saturated heterocycles. The Morgan fingerprint density at radius 1 is 0.807 bits per heavy atom. The minimum absolute atomic E-state index is 0.125. The van der Waals surface area contributed by atoms with E-state index in [4.69, 9.17) is 44.2 Å². The molecule has 1 atom stereocenters. The van der Waals surface area contributed by atoms with E-state index in [9.17, 15) is 44.3 Å². The molecule has 0 radical (unpaired) electrons. The van der Waals surface area contributed by atoms with Crippen molar-refractivity contribution in [2.24, 2.45) is 0 Å². The number of carbonyl (C=O) groups is 4. The van der Waals surface area contributed by atoms with Crippen molar-refractivity contribution < 1.29 is 83.5 Å². The van der Waals surface area contributed by atoms with Crippen molar-refractivity contribution in [1.29, 1.82) is 0 Å². The van der Waals surface area contributed by atoms with Crippen LogP contribution in [0.3, 0.4) is 0 Å². The third-order valence-electron chi connectivity index (χ3n) is 7.39. The molecule has 2 aliphatic rings. The van der Waals surface area contributed by atoms with E-state index in [-0.39, 0.29) is 5.91 Å². The van der Waals surface area contributed by atoms with Crippen molar-refractivity contribution in [3.63, 3.8) is 0 Å². The molecule has 2 aromatic heterocycles. The highest BCUT2D eigenvalue weighted by Crippen LogP contribution is 2.36. The Morgan fingerprint density at radius 2 is 1.37 bits per heavy atom. The van der Waals surface area contributed by atoms with Gasteiger partial charge in [0.2, 0.25) is 0 Å². The van der Waals surface area contributed by atoms with Crippen LogP contribution < -0.4 is 20.1 Å². The third kappa shape index (κ3) is 14.1. The van der Waals surface area contributed by atoms with Crippen LogP contribution in [0.15, 0.2) is 60.9 Å². The first-order valence-corrected chi connectivity index (χ1v) is 16.0.